The molecular weight excluding hydrogens is 290 g/mol. The predicted octanol–water partition coefficient (Wildman–Crippen LogP) is 0.747. The number of ether oxygens (including phenoxy) is 1. The molecule has 0 amide bonds. The van der Waals surface area contributed by atoms with Gasteiger partial charge in [0.05, 0.1) is 13.2 Å². The molecule has 23 heavy (non-hydrogen) atoms. The number of nitrogens with zero attached hydrogens (tertiary/aromatic N) is 3. The highest BCUT2D eigenvalue weighted by Gasteiger charge is 2.23. The highest BCUT2D eigenvalue weighted by molar-refractivity contribution is 5.79. The molecule has 0 radical (unpaired) electrons. The molecular formula is C17H35N5O. The molecule has 6 nitrogen and oxygen atoms in total. The van der Waals surface area contributed by atoms with E-state index in [0.717, 1.165) is 45.4 Å². The molecule has 6 heteroatoms. The van der Waals surface area contributed by atoms with Crippen molar-refractivity contribution in [3.63, 3.8) is 0 Å². The average molecular weight is 326 g/mol. The van der Waals surface area contributed by atoms with Gasteiger partial charge in [-0.3, -0.25) is 9.89 Å². The lowest BCUT2D eigenvalue weighted by molar-refractivity contribution is -0.0174. The molecule has 0 aromatic carbocycles. The van der Waals surface area contributed by atoms with E-state index in [4.69, 9.17) is 4.74 Å². The molecule has 2 heterocycles. The van der Waals surface area contributed by atoms with E-state index in [2.05, 4.69) is 39.3 Å². The molecule has 2 unspecified atom stereocenters. The molecule has 2 saturated heterocycles. The Morgan fingerprint density at radius 1 is 1.22 bits per heavy atom. The zero-order valence-electron chi connectivity index (χ0n) is 15.2. The fourth-order valence-electron chi connectivity index (χ4n) is 3.49. The third-order valence-electron chi connectivity index (χ3n) is 4.94. The van der Waals surface area contributed by atoms with Gasteiger partial charge in [-0.15, -0.1) is 0 Å². The highest BCUT2D eigenvalue weighted by Crippen LogP contribution is 2.10. The Morgan fingerprint density at radius 2 is 2.00 bits per heavy atom. The van der Waals surface area contributed by atoms with Crippen molar-refractivity contribution in [1.82, 2.24) is 20.4 Å². The SMILES string of the molecule is CN=C(NCCN1CCCCC1)NCC(C)N1CCOCC1C. The number of aliphatic imine (C=N–C) groups is 1. The highest BCUT2D eigenvalue weighted by atomic mass is 16.5. The molecule has 0 spiro atoms. The van der Waals surface area contributed by atoms with Crippen LogP contribution in [0.3, 0.4) is 0 Å². The van der Waals surface area contributed by atoms with E-state index < -0.39 is 0 Å². The second-order valence-corrected chi connectivity index (χ2v) is 6.79. The van der Waals surface area contributed by atoms with Gasteiger partial charge in [-0.25, -0.2) is 0 Å². The van der Waals surface area contributed by atoms with E-state index in [9.17, 15) is 0 Å². The van der Waals surface area contributed by atoms with Crippen LogP contribution in [0.2, 0.25) is 0 Å². The second-order valence-electron chi connectivity index (χ2n) is 6.79. The van der Waals surface area contributed by atoms with Crippen LogP contribution in [0.25, 0.3) is 0 Å². The van der Waals surface area contributed by atoms with E-state index >= 15 is 0 Å². The number of piperidine rings is 1. The minimum absolute atomic E-state index is 0.481. The minimum atomic E-state index is 0.481. The van der Waals surface area contributed by atoms with Crippen LogP contribution in [0.5, 0.6) is 0 Å². The van der Waals surface area contributed by atoms with Crippen molar-refractivity contribution in [1.29, 1.82) is 0 Å². The molecule has 2 aliphatic rings. The Balaban J connectivity index is 1.63. The summed E-state index contributed by atoms with van der Waals surface area (Å²) in [6, 6.07) is 0.976. The first kappa shape index (κ1) is 18.5. The van der Waals surface area contributed by atoms with Crippen molar-refractivity contribution in [2.45, 2.75) is 45.2 Å². The topological polar surface area (TPSA) is 52.1 Å². The Labute approximate surface area is 141 Å². The summed E-state index contributed by atoms with van der Waals surface area (Å²) >= 11 is 0. The molecule has 0 aromatic heterocycles. The molecule has 134 valence electrons. The minimum Gasteiger partial charge on any atom is -0.379 e. The van der Waals surface area contributed by atoms with Crippen LogP contribution in [0.15, 0.2) is 4.99 Å². The molecule has 0 saturated carbocycles. The van der Waals surface area contributed by atoms with Crippen LogP contribution < -0.4 is 10.6 Å². The zero-order valence-corrected chi connectivity index (χ0v) is 15.2. The average Bonchev–Trinajstić information content (AvgIpc) is 2.59. The van der Waals surface area contributed by atoms with E-state index in [0.29, 0.717) is 12.1 Å². The van der Waals surface area contributed by atoms with Gasteiger partial charge in [0.2, 0.25) is 0 Å². The molecule has 2 fully saturated rings. The maximum atomic E-state index is 5.52. The molecule has 2 atom stereocenters. The Morgan fingerprint density at radius 3 is 2.70 bits per heavy atom. The molecule has 0 aliphatic carbocycles. The quantitative estimate of drug-likeness (QED) is 0.557. The molecule has 2 N–H and O–H groups in total. The van der Waals surface area contributed by atoms with Crippen molar-refractivity contribution < 1.29 is 4.74 Å². The van der Waals surface area contributed by atoms with Crippen LogP contribution in [-0.2, 0) is 4.74 Å². The van der Waals surface area contributed by atoms with Crippen molar-refractivity contribution in [3.05, 3.63) is 0 Å². The zero-order chi connectivity index (χ0) is 16.5. The molecule has 0 aromatic rings. The first-order chi connectivity index (χ1) is 11.2. The van der Waals surface area contributed by atoms with E-state index in [1.807, 2.05) is 7.05 Å². The van der Waals surface area contributed by atoms with Gasteiger partial charge >= 0.3 is 0 Å². The third kappa shape index (κ3) is 6.28. The van der Waals surface area contributed by atoms with Crippen LogP contribution in [0, 0.1) is 0 Å². The Kier molecular flexibility index (Phi) is 8.12. The van der Waals surface area contributed by atoms with Gasteiger partial charge in [0.1, 0.15) is 0 Å². The monoisotopic (exact) mass is 325 g/mol. The lowest BCUT2D eigenvalue weighted by atomic mass is 10.1. The van der Waals surface area contributed by atoms with Gasteiger partial charge in [0.15, 0.2) is 5.96 Å². The standard InChI is InChI=1S/C17H35N5O/c1-15(22-11-12-23-14-16(22)2)13-20-17(18-3)19-7-10-21-8-5-4-6-9-21/h15-16H,4-14H2,1-3H3,(H2,18,19,20). The Hall–Kier alpha value is -0.850. The van der Waals surface area contributed by atoms with Crippen LogP contribution in [0.1, 0.15) is 33.1 Å². The third-order valence-corrected chi connectivity index (χ3v) is 4.94. The summed E-state index contributed by atoms with van der Waals surface area (Å²) in [6.45, 7) is 12.7. The van der Waals surface area contributed by atoms with Crippen molar-refractivity contribution in [2.75, 3.05) is 59.5 Å². The van der Waals surface area contributed by atoms with Crippen molar-refractivity contribution in [2.24, 2.45) is 4.99 Å². The normalized spacial score (nSPS) is 26.0. The fourth-order valence-corrected chi connectivity index (χ4v) is 3.49. The van der Waals surface area contributed by atoms with Crippen LogP contribution >= 0.6 is 0 Å². The first-order valence-corrected chi connectivity index (χ1v) is 9.21. The number of likely N-dealkylation sites (tertiary alicyclic amines) is 1. The van der Waals surface area contributed by atoms with Gasteiger partial charge in [0.25, 0.3) is 0 Å². The fraction of sp³-hybridized carbons (Fsp3) is 0.941. The number of nitrogens with one attached hydrogen (secondary N) is 2. The summed E-state index contributed by atoms with van der Waals surface area (Å²) in [5.74, 6) is 0.912. The molecule has 0 bridgehead atoms. The summed E-state index contributed by atoms with van der Waals surface area (Å²) in [6.07, 6.45) is 4.09. The number of hydrogen-bond donors (Lipinski definition) is 2. The summed E-state index contributed by atoms with van der Waals surface area (Å²) in [5, 5.41) is 6.90. The number of guanidine groups is 1. The van der Waals surface area contributed by atoms with E-state index in [-0.39, 0.29) is 0 Å². The Bertz CT molecular complexity index is 357. The van der Waals surface area contributed by atoms with Gasteiger partial charge in [0, 0.05) is 45.3 Å². The number of rotatable bonds is 6. The lowest BCUT2D eigenvalue weighted by Gasteiger charge is -2.38. The maximum Gasteiger partial charge on any atom is 0.191 e. The van der Waals surface area contributed by atoms with Gasteiger partial charge in [-0.1, -0.05) is 6.42 Å². The maximum absolute atomic E-state index is 5.52. The smallest absolute Gasteiger partial charge is 0.191 e. The van der Waals surface area contributed by atoms with Crippen molar-refractivity contribution in [3.8, 4) is 0 Å². The summed E-state index contributed by atoms with van der Waals surface area (Å²) in [4.78, 5) is 9.39. The van der Waals surface area contributed by atoms with Crippen LogP contribution in [-0.4, -0.2) is 87.4 Å². The van der Waals surface area contributed by atoms with Gasteiger partial charge < -0.3 is 20.3 Å². The molecule has 2 aliphatic heterocycles. The predicted molar refractivity (Wildman–Crippen MR) is 96.1 cm³/mol. The largest absolute Gasteiger partial charge is 0.379 e. The number of morpholine rings is 1. The number of hydrogen-bond acceptors (Lipinski definition) is 4. The van der Waals surface area contributed by atoms with E-state index in [1.165, 1.54) is 32.4 Å². The van der Waals surface area contributed by atoms with Crippen LogP contribution in [0.4, 0.5) is 0 Å². The summed E-state index contributed by atoms with van der Waals surface area (Å²) in [7, 11) is 1.85. The molecule has 2 rings (SSSR count). The lowest BCUT2D eigenvalue weighted by Crippen LogP contribution is -2.53. The van der Waals surface area contributed by atoms with Gasteiger partial charge in [-0.2, -0.15) is 0 Å². The summed E-state index contributed by atoms with van der Waals surface area (Å²) in [5.41, 5.74) is 0. The second kappa shape index (κ2) is 10.1. The first-order valence-electron chi connectivity index (χ1n) is 9.21. The summed E-state index contributed by atoms with van der Waals surface area (Å²) < 4.78 is 5.52. The van der Waals surface area contributed by atoms with Crippen molar-refractivity contribution >= 4 is 5.96 Å². The van der Waals surface area contributed by atoms with E-state index in [1.54, 1.807) is 0 Å². The van der Waals surface area contributed by atoms with Gasteiger partial charge in [-0.05, 0) is 39.8 Å².